The van der Waals surface area contributed by atoms with Gasteiger partial charge in [-0.1, -0.05) is 6.07 Å². The van der Waals surface area contributed by atoms with Crippen LogP contribution in [0.1, 0.15) is 5.56 Å². The van der Waals surface area contributed by atoms with Crippen molar-refractivity contribution >= 4 is 15.9 Å². The number of aromatic nitrogens is 1. The van der Waals surface area contributed by atoms with Gasteiger partial charge in [0.25, 0.3) is 0 Å². The minimum atomic E-state index is -0.609. The average Bonchev–Trinajstić information content (AvgIpc) is 2.32. The van der Waals surface area contributed by atoms with Crippen LogP contribution in [0.2, 0.25) is 0 Å². The zero-order chi connectivity index (χ0) is 12.3. The van der Waals surface area contributed by atoms with Crippen LogP contribution in [0.4, 0.5) is 4.39 Å². The van der Waals surface area contributed by atoms with Gasteiger partial charge < -0.3 is 4.74 Å². The van der Waals surface area contributed by atoms with Crippen LogP contribution in [0, 0.1) is 17.1 Å². The minimum absolute atomic E-state index is 0.128. The SMILES string of the molecule is N#Cc1c(F)cccc1Oc1ccc(Br)cn1. The third-order valence-corrected chi connectivity index (χ3v) is 2.47. The molecule has 0 radical (unpaired) electrons. The van der Waals surface area contributed by atoms with Crippen molar-refractivity contribution in [2.45, 2.75) is 0 Å². The first-order chi connectivity index (χ1) is 8.20. The van der Waals surface area contributed by atoms with E-state index in [0.29, 0.717) is 5.88 Å². The van der Waals surface area contributed by atoms with Crippen molar-refractivity contribution in [3.63, 3.8) is 0 Å². The van der Waals surface area contributed by atoms with Gasteiger partial charge in [-0.25, -0.2) is 9.37 Å². The molecule has 1 aromatic carbocycles. The van der Waals surface area contributed by atoms with Gasteiger partial charge in [-0.3, -0.25) is 0 Å². The van der Waals surface area contributed by atoms with Gasteiger partial charge >= 0.3 is 0 Å². The van der Waals surface area contributed by atoms with E-state index in [1.54, 1.807) is 24.4 Å². The number of rotatable bonds is 2. The van der Waals surface area contributed by atoms with Gasteiger partial charge in [0.15, 0.2) is 0 Å². The van der Waals surface area contributed by atoms with E-state index >= 15 is 0 Å². The Labute approximate surface area is 106 Å². The monoisotopic (exact) mass is 292 g/mol. The van der Waals surface area contributed by atoms with Crippen molar-refractivity contribution < 1.29 is 9.13 Å². The molecule has 2 aromatic rings. The second kappa shape index (κ2) is 4.93. The summed E-state index contributed by atoms with van der Waals surface area (Å²) in [6, 6.07) is 9.33. The molecule has 0 bridgehead atoms. The minimum Gasteiger partial charge on any atom is -0.438 e. The third-order valence-electron chi connectivity index (χ3n) is 2.00. The van der Waals surface area contributed by atoms with Gasteiger partial charge in [0.05, 0.1) is 0 Å². The molecule has 17 heavy (non-hydrogen) atoms. The van der Waals surface area contributed by atoms with E-state index in [9.17, 15) is 4.39 Å². The smallest absolute Gasteiger partial charge is 0.219 e. The topological polar surface area (TPSA) is 45.9 Å². The van der Waals surface area contributed by atoms with Crippen molar-refractivity contribution in [1.82, 2.24) is 4.98 Å². The molecular weight excluding hydrogens is 287 g/mol. The van der Waals surface area contributed by atoms with E-state index in [4.69, 9.17) is 10.00 Å². The first-order valence-corrected chi connectivity index (χ1v) is 5.48. The summed E-state index contributed by atoms with van der Waals surface area (Å²) in [6.45, 7) is 0. The van der Waals surface area contributed by atoms with Gasteiger partial charge in [0, 0.05) is 16.7 Å². The van der Waals surface area contributed by atoms with E-state index in [1.807, 2.05) is 0 Å². The molecule has 0 saturated heterocycles. The summed E-state index contributed by atoms with van der Waals surface area (Å²) < 4.78 is 19.4. The summed E-state index contributed by atoms with van der Waals surface area (Å²) >= 11 is 3.24. The zero-order valence-electron chi connectivity index (χ0n) is 8.52. The number of nitriles is 1. The van der Waals surface area contributed by atoms with E-state index < -0.39 is 5.82 Å². The number of nitrogens with zero attached hydrogens (tertiary/aromatic N) is 2. The molecule has 0 spiro atoms. The summed E-state index contributed by atoms with van der Waals surface area (Å²) in [5.74, 6) is -0.153. The maximum Gasteiger partial charge on any atom is 0.219 e. The lowest BCUT2D eigenvalue weighted by Gasteiger charge is -2.06. The Morgan fingerprint density at radius 1 is 1.29 bits per heavy atom. The number of ether oxygens (including phenoxy) is 1. The summed E-state index contributed by atoms with van der Waals surface area (Å²) in [5.41, 5.74) is -0.128. The van der Waals surface area contributed by atoms with E-state index in [1.165, 1.54) is 18.2 Å². The van der Waals surface area contributed by atoms with Crippen molar-refractivity contribution in [2.24, 2.45) is 0 Å². The van der Waals surface area contributed by atoms with Crippen molar-refractivity contribution in [1.29, 1.82) is 5.26 Å². The van der Waals surface area contributed by atoms with Crippen LogP contribution in [-0.4, -0.2) is 4.98 Å². The van der Waals surface area contributed by atoms with Crippen molar-refractivity contribution in [2.75, 3.05) is 0 Å². The fourth-order valence-electron chi connectivity index (χ4n) is 1.23. The van der Waals surface area contributed by atoms with Crippen LogP contribution in [-0.2, 0) is 0 Å². The Balaban J connectivity index is 2.34. The maximum absolute atomic E-state index is 13.3. The van der Waals surface area contributed by atoms with Crippen molar-refractivity contribution in [3.05, 3.63) is 52.4 Å². The summed E-state index contributed by atoms with van der Waals surface area (Å²) in [7, 11) is 0. The molecule has 0 unspecified atom stereocenters. The van der Waals surface area contributed by atoms with Gasteiger partial charge in [0.1, 0.15) is 23.2 Å². The number of benzene rings is 1. The molecule has 0 saturated carbocycles. The highest BCUT2D eigenvalue weighted by molar-refractivity contribution is 9.10. The molecule has 1 aromatic heterocycles. The number of pyridine rings is 1. The quantitative estimate of drug-likeness (QED) is 0.849. The number of hydrogen-bond donors (Lipinski definition) is 0. The first-order valence-electron chi connectivity index (χ1n) is 4.69. The fraction of sp³-hybridized carbons (Fsp3) is 0. The number of halogens is 2. The molecule has 84 valence electrons. The summed E-state index contributed by atoms with van der Waals surface area (Å²) in [6.07, 6.45) is 1.56. The summed E-state index contributed by atoms with van der Waals surface area (Å²) in [4.78, 5) is 3.98. The Morgan fingerprint density at radius 2 is 2.12 bits per heavy atom. The molecule has 2 rings (SSSR count). The highest BCUT2D eigenvalue weighted by atomic mass is 79.9. The Kier molecular flexibility index (Phi) is 3.35. The van der Waals surface area contributed by atoms with Crippen molar-refractivity contribution in [3.8, 4) is 17.7 Å². The molecule has 0 aliphatic heterocycles. The van der Waals surface area contributed by atoms with Crippen LogP contribution in [0.15, 0.2) is 41.0 Å². The van der Waals surface area contributed by atoms with Crippen LogP contribution in [0.5, 0.6) is 11.6 Å². The maximum atomic E-state index is 13.3. The van der Waals surface area contributed by atoms with E-state index in [2.05, 4.69) is 20.9 Å². The van der Waals surface area contributed by atoms with Crippen LogP contribution in [0.25, 0.3) is 0 Å². The molecule has 0 aliphatic rings. The predicted octanol–water partition coefficient (Wildman–Crippen LogP) is 3.65. The van der Waals surface area contributed by atoms with Gasteiger partial charge in [-0.2, -0.15) is 5.26 Å². The molecule has 0 N–H and O–H groups in total. The molecule has 1 heterocycles. The standard InChI is InChI=1S/C12H6BrFN2O/c13-8-4-5-12(16-7-8)17-11-3-1-2-10(14)9(11)6-15/h1-5,7H. The lowest BCUT2D eigenvalue weighted by atomic mass is 10.2. The van der Waals surface area contributed by atoms with Crippen LogP contribution >= 0.6 is 15.9 Å². The van der Waals surface area contributed by atoms with Gasteiger partial charge in [-0.05, 0) is 34.1 Å². The predicted molar refractivity (Wildman–Crippen MR) is 63.1 cm³/mol. The largest absolute Gasteiger partial charge is 0.438 e. The van der Waals surface area contributed by atoms with Gasteiger partial charge in [-0.15, -0.1) is 0 Å². The fourth-order valence-corrected chi connectivity index (χ4v) is 1.47. The Bertz CT molecular complexity index is 578. The second-order valence-corrected chi connectivity index (χ2v) is 4.06. The highest BCUT2D eigenvalue weighted by Gasteiger charge is 2.10. The molecule has 0 atom stereocenters. The van der Waals surface area contributed by atoms with Crippen LogP contribution < -0.4 is 4.74 Å². The second-order valence-electron chi connectivity index (χ2n) is 3.14. The third kappa shape index (κ3) is 2.60. The molecule has 5 heteroatoms. The normalized spacial score (nSPS) is 9.71. The summed E-state index contributed by atoms with van der Waals surface area (Å²) in [5, 5.41) is 8.82. The number of hydrogen-bond acceptors (Lipinski definition) is 3. The lowest BCUT2D eigenvalue weighted by Crippen LogP contribution is -1.92. The Hall–Kier alpha value is -1.93. The van der Waals surface area contributed by atoms with Gasteiger partial charge in [0.2, 0.25) is 5.88 Å². The van der Waals surface area contributed by atoms with E-state index in [0.717, 1.165) is 4.47 Å². The molecule has 0 aliphatic carbocycles. The van der Waals surface area contributed by atoms with E-state index in [-0.39, 0.29) is 11.3 Å². The average molecular weight is 293 g/mol. The molecule has 0 amide bonds. The lowest BCUT2D eigenvalue weighted by molar-refractivity contribution is 0.456. The zero-order valence-corrected chi connectivity index (χ0v) is 10.1. The molecular formula is C12H6BrFN2O. The molecule has 0 fully saturated rings. The van der Waals surface area contributed by atoms with Crippen LogP contribution in [0.3, 0.4) is 0 Å². The molecule has 3 nitrogen and oxygen atoms in total. The first kappa shape index (κ1) is 11.6. The Morgan fingerprint density at radius 3 is 2.76 bits per heavy atom. The highest BCUT2D eigenvalue weighted by Crippen LogP contribution is 2.25.